The number of amides is 2. The Morgan fingerprint density at radius 1 is 0.735 bits per heavy atom. The third-order valence-electron chi connectivity index (χ3n) is 5.34. The third-order valence-corrected chi connectivity index (χ3v) is 5.34. The van der Waals surface area contributed by atoms with Crippen molar-refractivity contribution in [2.45, 2.75) is 6.42 Å². The SMILES string of the molecule is O=C(Cc1cccc2ccccc12)Nc1ccccc1C(=O)Nc1nnc(-c2ccccc2)o1. The van der Waals surface area contributed by atoms with Crippen LogP contribution in [0.15, 0.2) is 101 Å². The number of hydrogen-bond donors (Lipinski definition) is 2. The van der Waals surface area contributed by atoms with E-state index in [0.717, 1.165) is 21.9 Å². The number of anilines is 2. The summed E-state index contributed by atoms with van der Waals surface area (Å²) in [5.41, 5.74) is 2.34. The molecule has 0 aliphatic rings. The zero-order chi connectivity index (χ0) is 23.3. The monoisotopic (exact) mass is 448 g/mol. The van der Waals surface area contributed by atoms with Crippen molar-refractivity contribution in [3.05, 3.63) is 108 Å². The van der Waals surface area contributed by atoms with Gasteiger partial charge in [-0.25, -0.2) is 0 Å². The van der Waals surface area contributed by atoms with Gasteiger partial charge < -0.3 is 9.73 Å². The van der Waals surface area contributed by atoms with Crippen LogP contribution in [0.1, 0.15) is 15.9 Å². The highest BCUT2D eigenvalue weighted by atomic mass is 16.4. The van der Waals surface area contributed by atoms with E-state index in [2.05, 4.69) is 20.8 Å². The Labute approximate surface area is 195 Å². The molecule has 0 spiro atoms. The molecule has 0 saturated carbocycles. The van der Waals surface area contributed by atoms with E-state index in [1.807, 2.05) is 72.8 Å². The summed E-state index contributed by atoms with van der Waals surface area (Å²) in [7, 11) is 0. The summed E-state index contributed by atoms with van der Waals surface area (Å²) in [6.07, 6.45) is 0.182. The van der Waals surface area contributed by atoms with E-state index in [1.165, 1.54) is 0 Å². The van der Waals surface area contributed by atoms with E-state index < -0.39 is 5.91 Å². The van der Waals surface area contributed by atoms with E-state index >= 15 is 0 Å². The Bertz CT molecular complexity index is 1470. The topological polar surface area (TPSA) is 97.1 Å². The normalized spacial score (nSPS) is 10.7. The Balaban J connectivity index is 1.31. The number of carbonyl (C=O) groups excluding carboxylic acids is 2. The molecule has 1 heterocycles. The van der Waals surface area contributed by atoms with Gasteiger partial charge in [-0.3, -0.25) is 14.9 Å². The fraction of sp³-hybridized carbons (Fsp3) is 0.0370. The molecule has 2 amide bonds. The number of nitrogens with zero attached hydrogens (tertiary/aromatic N) is 2. The number of benzene rings is 4. The van der Waals surface area contributed by atoms with Gasteiger partial charge in [-0.05, 0) is 40.6 Å². The molecule has 7 heteroatoms. The highest BCUT2D eigenvalue weighted by molar-refractivity contribution is 6.09. The molecule has 5 rings (SSSR count). The maximum absolute atomic E-state index is 12.9. The Morgan fingerprint density at radius 3 is 2.35 bits per heavy atom. The number of para-hydroxylation sites is 1. The van der Waals surface area contributed by atoms with Crippen molar-refractivity contribution in [3.8, 4) is 11.5 Å². The molecule has 34 heavy (non-hydrogen) atoms. The Morgan fingerprint density at radius 2 is 1.47 bits per heavy atom. The molecule has 5 aromatic rings. The molecule has 0 atom stereocenters. The van der Waals surface area contributed by atoms with E-state index in [0.29, 0.717) is 11.6 Å². The molecule has 0 bridgehead atoms. The van der Waals surface area contributed by atoms with Gasteiger partial charge in [0.1, 0.15) is 0 Å². The lowest BCUT2D eigenvalue weighted by Crippen LogP contribution is -2.19. The van der Waals surface area contributed by atoms with Crippen molar-refractivity contribution in [2.24, 2.45) is 0 Å². The van der Waals surface area contributed by atoms with Crippen molar-refractivity contribution in [3.63, 3.8) is 0 Å². The number of rotatable bonds is 6. The first kappa shape index (κ1) is 21.1. The zero-order valence-electron chi connectivity index (χ0n) is 18.1. The van der Waals surface area contributed by atoms with Gasteiger partial charge in [0.2, 0.25) is 11.8 Å². The maximum atomic E-state index is 12.9. The molecule has 0 fully saturated rings. The Hall–Kier alpha value is -4.78. The van der Waals surface area contributed by atoms with Crippen molar-refractivity contribution in [2.75, 3.05) is 10.6 Å². The summed E-state index contributed by atoms with van der Waals surface area (Å²) in [6, 6.07) is 29.8. The molecule has 2 N–H and O–H groups in total. The van der Waals surface area contributed by atoms with E-state index in [1.54, 1.807) is 24.3 Å². The molecule has 4 aromatic carbocycles. The number of aromatic nitrogens is 2. The van der Waals surface area contributed by atoms with E-state index in [9.17, 15) is 9.59 Å². The second-order valence-corrected chi connectivity index (χ2v) is 7.64. The molecular weight excluding hydrogens is 428 g/mol. The smallest absolute Gasteiger partial charge is 0.322 e. The minimum Gasteiger partial charge on any atom is -0.403 e. The van der Waals surface area contributed by atoms with Crippen LogP contribution in [0.4, 0.5) is 11.7 Å². The van der Waals surface area contributed by atoms with Gasteiger partial charge in [0.15, 0.2) is 0 Å². The predicted molar refractivity (Wildman–Crippen MR) is 130 cm³/mol. The van der Waals surface area contributed by atoms with E-state index in [-0.39, 0.29) is 23.9 Å². The highest BCUT2D eigenvalue weighted by Crippen LogP contribution is 2.22. The Kier molecular flexibility index (Phi) is 5.82. The molecule has 0 saturated heterocycles. The fourth-order valence-corrected chi connectivity index (χ4v) is 3.74. The molecule has 1 aromatic heterocycles. The van der Waals surface area contributed by atoms with Crippen LogP contribution in [-0.2, 0) is 11.2 Å². The van der Waals surface area contributed by atoms with Crippen LogP contribution in [0.3, 0.4) is 0 Å². The minimum atomic E-state index is -0.468. The molecule has 0 aliphatic heterocycles. The molecule has 0 aliphatic carbocycles. The standard InChI is InChI=1S/C27H20N4O3/c32-24(17-20-13-8-12-18-9-4-5-14-21(18)20)28-23-16-7-6-15-22(23)25(33)29-27-31-30-26(34-27)19-10-2-1-3-11-19/h1-16H,17H2,(H,28,32)(H,29,31,33). The van der Waals surface area contributed by atoms with Crippen LogP contribution in [0.2, 0.25) is 0 Å². The predicted octanol–water partition coefficient (Wildman–Crippen LogP) is 5.32. The lowest BCUT2D eigenvalue weighted by Gasteiger charge is -2.11. The van der Waals surface area contributed by atoms with Crippen molar-refractivity contribution >= 4 is 34.3 Å². The van der Waals surface area contributed by atoms with Gasteiger partial charge in [-0.2, -0.15) is 0 Å². The van der Waals surface area contributed by atoms with Crippen LogP contribution in [0, 0.1) is 0 Å². The summed E-state index contributed by atoms with van der Waals surface area (Å²) < 4.78 is 5.56. The summed E-state index contributed by atoms with van der Waals surface area (Å²) in [4.78, 5) is 25.7. The van der Waals surface area contributed by atoms with E-state index in [4.69, 9.17) is 4.42 Å². The summed E-state index contributed by atoms with van der Waals surface area (Å²) in [6.45, 7) is 0. The molecule has 0 unspecified atom stereocenters. The summed E-state index contributed by atoms with van der Waals surface area (Å²) in [5, 5.41) is 15.4. The van der Waals surface area contributed by atoms with Crippen LogP contribution in [0.25, 0.3) is 22.2 Å². The zero-order valence-corrected chi connectivity index (χ0v) is 18.1. The molecule has 0 radical (unpaired) electrons. The van der Waals surface area contributed by atoms with Gasteiger partial charge in [0.25, 0.3) is 5.91 Å². The van der Waals surface area contributed by atoms with Gasteiger partial charge in [-0.15, -0.1) is 5.10 Å². The van der Waals surface area contributed by atoms with Gasteiger partial charge in [0.05, 0.1) is 17.7 Å². The number of carbonyl (C=O) groups is 2. The van der Waals surface area contributed by atoms with Crippen LogP contribution < -0.4 is 10.6 Å². The first-order chi connectivity index (χ1) is 16.7. The fourth-order valence-electron chi connectivity index (χ4n) is 3.74. The molecule has 166 valence electrons. The number of fused-ring (bicyclic) bond motifs is 1. The lowest BCUT2D eigenvalue weighted by atomic mass is 10.0. The van der Waals surface area contributed by atoms with Crippen molar-refractivity contribution in [1.29, 1.82) is 0 Å². The number of hydrogen-bond acceptors (Lipinski definition) is 5. The molecular formula is C27H20N4O3. The van der Waals surface area contributed by atoms with Crippen LogP contribution in [0.5, 0.6) is 0 Å². The second-order valence-electron chi connectivity index (χ2n) is 7.64. The van der Waals surface area contributed by atoms with Crippen molar-refractivity contribution in [1.82, 2.24) is 10.2 Å². The number of nitrogens with one attached hydrogen (secondary N) is 2. The van der Waals surface area contributed by atoms with Crippen LogP contribution >= 0.6 is 0 Å². The van der Waals surface area contributed by atoms with Gasteiger partial charge in [0, 0.05) is 5.56 Å². The average molecular weight is 448 g/mol. The largest absolute Gasteiger partial charge is 0.403 e. The average Bonchev–Trinajstić information content (AvgIpc) is 3.33. The van der Waals surface area contributed by atoms with Gasteiger partial charge >= 0.3 is 6.01 Å². The third kappa shape index (κ3) is 4.54. The summed E-state index contributed by atoms with van der Waals surface area (Å²) in [5.74, 6) is -0.391. The second kappa shape index (κ2) is 9.38. The maximum Gasteiger partial charge on any atom is 0.322 e. The van der Waals surface area contributed by atoms with Gasteiger partial charge in [-0.1, -0.05) is 77.9 Å². The van der Waals surface area contributed by atoms with Crippen molar-refractivity contribution < 1.29 is 14.0 Å². The highest BCUT2D eigenvalue weighted by Gasteiger charge is 2.17. The quantitative estimate of drug-likeness (QED) is 0.366. The first-order valence-electron chi connectivity index (χ1n) is 10.7. The first-order valence-corrected chi connectivity index (χ1v) is 10.7. The molecule has 7 nitrogen and oxygen atoms in total. The minimum absolute atomic E-state index is 0.0271. The summed E-state index contributed by atoms with van der Waals surface area (Å²) >= 11 is 0. The lowest BCUT2D eigenvalue weighted by molar-refractivity contribution is -0.115. The van der Waals surface area contributed by atoms with Crippen LogP contribution in [-0.4, -0.2) is 22.0 Å².